The molecule has 1 aromatic heterocycles. The SMILES string of the molecule is COc1ccc(C(O)C(C)NC(=O)c2cc3c(F)cccc3[nH]2)cc1. The van der Waals surface area contributed by atoms with Gasteiger partial charge in [0.25, 0.3) is 5.91 Å². The molecule has 0 saturated carbocycles. The smallest absolute Gasteiger partial charge is 0.268 e. The van der Waals surface area contributed by atoms with E-state index in [0.717, 1.165) is 0 Å². The highest BCUT2D eigenvalue weighted by molar-refractivity contribution is 5.98. The summed E-state index contributed by atoms with van der Waals surface area (Å²) in [5.74, 6) is -0.109. The topological polar surface area (TPSA) is 74.3 Å². The van der Waals surface area contributed by atoms with Crippen LogP contribution in [0.5, 0.6) is 5.75 Å². The van der Waals surface area contributed by atoms with Crippen molar-refractivity contribution in [2.24, 2.45) is 0 Å². The number of aliphatic hydroxyl groups excluding tert-OH is 1. The van der Waals surface area contributed by atoms with Gasteiger partial charge in [-0.1, -0.05) is 18.2 Å². The van der Waals surface area contributed by atoms with Crippen LogP contribution in [0.1, 0.15) is 29.1 Å². The van der Waals surface area contributed by atoms with E-state index in [1.807, 2.05) is 0 Å². The Morgan fingerprint density at radius 3 is 2.60 bits per heavy atom. The summed E-state index contributed by atoms with van der Waals surface area (Å²) in [5.41, 5.74) is 1.46. The van der Waals surface area contributed by atoms with Gasteiger partial charge in [0.1, 0.15) is 17.3 Å². The molecular formula is C19H19FN2O3. The van der Waals surface area contributed by atoms with Gasteiger partial charge in [0.2, 0.25) is 0 Å². The van der Waals surface area contributed by atoms with E-state index in [1.54, 1.807) is 50.4 Å². The van der Waals surface area contributed by atoms with Crippen molar-refractivity contribution in [1.82, 2.24) is 10.3 Å². The van der Waals surface area contributed by atoms with Crippen LogP contribution in [-0.4, -0.2) is 29.1 Å². The van der Waals surface area contributed by atoms with Gasteiger partial charge in [0, 0.05) is 10.9 Å². The number of ether oxygens (including phenoxy) is 1. The first-order valence-electron chi connectivity index (χ1n) is 7.89. The number of methoxy groups -OCH3 is 1. The summed E-state index contributed by atoms with van der Waals surface area (Å²) < 4.78 is 18.8. The van der Waals surface area contributed by atoms with Crippen molar-refractivity contribution in [1.29, 1.82) is 0 Å². The highest BCUT2D eigenvalue weighted by atomic mass is 19.1. The highest BCUT2D eigenvalue weighted by Crippen LogP contribution is 2.21. The molecule has 130 valence electrons. The molecule has 3 aromatic rings. The van der Waals surface area contributed by atoms with Crippen LogP contribution < -0.4 is 10.1 Å². The number of aromatic amines is 1. The zero-order valence-corrected chi connectivity index (χ0v) is 13.9. The Labute approximate surface area is 144 Å². The van der Waals surface area contributed by atoms with Gasteiger partial charge < -0.3 is 20.1 Å². The molecule has 0 aliphatic rings. The molecule has 0 saturated heterocycles. The molecule has 0 radical (unpaired) electrons. The fourth-order valence-corrected chi connectivity index (χ4v) is 2.69. The van der Waals surface area contributed by atoms with Crippen molar-refractivity contribution in [3.05, 3.63) is 65.6 Å². The van der Waals surface area contributed by atoms with E-state index in [2.05, 4.69) is 10.3 Å². The van der Waals surface area contributed by atoms with Gasteiger partial charge in [-0.3, -0.25) is 4.79 Å². The van der Waals surface area contributed by atoms with Crippen LogP contribution in [0.2, 0.25) is 0 Å². The first-order valence-corrected chi connectivity index (χ1v) is 7.89. The second kappa shape index (κ2) is 6.94. The predicted octanol–water partition coefficient (Wildman–Crippen LogP) is 3.17. The number of aliphatic hydroxyl groups is 1. The third-order valence-electron chi connectivity index (χ3n) is 4.15. The van der Waals surface area contributed by atoms with Crippen LogP contribution in [-0.2, 0) is 0 Å². The Bertz CT molecular complexity index is 889. The average Bonchev–Trinajstić information content (AvgIpc) is 3.07. The number of H-pyrrole nitrogens is 1. The minimum atomic E-state index is -0.879. The Balaban J connectivity index is 1.73. The number of fused-ring (bicyclic) bond motifs is 1. The van der Waals surface area contributed by atoms with E-state index < -0.39 is 18.1 Å². The van der Waals surface area contributed by atoms with E-state index in [1.165, 1.54) is 12.1 Å². The van der Waals surface area contributed by atoms with Crippen LogP contribution >= 0.6 is 0 Å². The first-order chi connectivity index (χ1) is 12.0. The molecule has 3 rings (SSSR count). The minimum Gasteiger partial charge on any atom is -0.497 e. The molecule has 0 bridgehead atoms. The summed E-state index contributed by atoms with van der Waals surface area (Å²) in [6.45, 7) is 1.70. The Hall–Kier alpha value is -2.86. The number of halogens is 1. The largest absolute Gasteiger partial charge is 0.497 e. The second-order valence-corrected chi connectivity index (χ2v) is 5.86. The lowest BCUT2D eigenvalue weighted by atomic mass is 10.0. The van der Waals surface area contributed by atoms with E-state index >= 15 is 0 Å². The Morgan fingerprint density at radius 1 is 1.24 bits per heavy atom. The van der Waals surface area contributed by atoms with Crippen molar-refractivity contribution in [2.45, 2.75) is 19.1 Å². The fraction of sp³-hybridized carbons (Fsp3) is 0.211. The van der Waals surface area contributed by atoms with Crippen LogP contribution in [0.15, 0.2) is 48.5 Å². The van der Waals surface area contributed by atoms with E-state index in [-0.39, 0.29) is 11.5 Å². The second-order valence-electron chi connectivity index (χ2n) is 5.86. The quantitative estimate of drug-likeness (QED) is 0.667. The van der Waals surface area contributed by atoms with Crippen molar-refractivity contribution < 1.29 is 19.0 Å². The zero-order chi connectivity index (χ0) is 18.0. The fourth-order valence-electron chi connectivity index (χ4n) is 2.69. The van der Waals surface area contributed by atoms with Crippen LogP contribution in [0.3, 0.4) is 0 Å². The van der Waals surface area contributed by atoms with Crippen molar-refractivity contribution in [3.8, 4) is 5.75 Å². The molecule has 0 spiro atoms. The van der Waals surface area contributed by atoms with Gasteiger partial charge in [0.05, 0.1) is 19.3 Å². The molecule has 2 aromatic carbocycles. The van der Waals surface area contributed by atoms with Gasteiger partial charge in [-0.15, -0.1) is 0 Å². The van der Waals surface area contributed by atoms with E-state index in [0.29, 0.717) is 22.2 Å². The monoisotopic (exact) mass is 342 g/mol. The maximum absolute atomic E-state index is 13.7. The lowest BCUT2D eigenvalue weighted by Crippen LogP contribution is -2.37. The molecule has 0 fully saturated rings. The van der Waals surface area contributed by atoms with E-state index in [9.17, 15) is 14.3 Å². The minimum absolute atomic E-state index is 0.244. The molecule has 6 heteroatoms. The number of benzene rings is 2. The Morgan fingerprint density at radius 2 is 1.96 bits per heavy atom. The highest BCUT2D eigenvalue weighted by Gasteiger charge is 2.20. The number of nitrogens with one attached hydrogen (secondary N) is 2. The normalized spacial score (nSPS) is 13.4. The summed E-state index contributed by atoms with van der Waals surface area (Å²) in [6.07, 6.45) is -0.879. The predicted molar refractivity (Wildman–Crippen MR) is 93.1 cm³/mol. The molecule has 0 aliphatic carbocycles. The number of amides is 1. The van der Waals surface area contributed by atoms with Gasteiger partial charge >= 0.3 is 0 Å². The molecule has 2 unspecified atom stereocenters. The number of hydrogen-bond donors (Lipinski definition) is 3. The molecule has 1 amide bonds. The maximum Gasteiger partial charge on any atom is 0.268 e. The molecule has 1 heterocycles. The first kappa shape index (κ1) is 17.0. The van der Waals surface area contributed by atoms with Crippen LogP contribution in [0, 0.1) is 5.82 Å². The maximum atomic E-state index is 13.7. The average molecular weight is 342 g/mol. The number of carbonyl (C=O) groups excluding carboxylic acids is 1. The molecule has 2 atom stereocenters. The number of rotatable bonds is 5. The Kier molecular flexibility index (Phi) is 4.72. The summed E-state index contributed by atoms with van der Waals surface area (Å²) >= 11 is 0. The summed E-state index contributed by atoms with van der Waals surface area (Å²) in [4.78, 5) is 15.3. The lowest BCUT2D eigenvalue weighted by Gasteiger charge is -2.20. The van der Waals surface area contributed by atoms with Crippen molar-refractivity contribution in [2.75, 3.05) is 7.11 Å². The summed E-state index contributed by atoms with van der Waals surface area (Å²) in [7, 11) is 1.57. The van der Waals surface area contributed by atoms with Crippen LogP contribution in [0.4, 0.5) is 4.39 Å². The van der Waals surface area contributed by atoms with Gasteiger partial charge in [-0.25, -0.2) is 4.39 Å². The van der Waals surface area contributed by atoms with Crippen molar-refractivity contribution >= 4 is 16.8 Å². The number of aromatic nitrogens is 1. The van der Waals surface area contributed by atoms with Crippen molar-refractivity contribution in [3.63, 3.8) is 0 Å². The number of hydrogen-bond acceptors (Lipinski definition) is 3. The van der Waals surface area contributed by atoms with Crippen LogP contribution in [0.25, 0.3) is 10.9 Å². The zero-order valence-electron chi connectivity index (χ0n) is 13.9. The van der Waals surface area contributed by atoms with Gasteiger partial charge in [-0.2, -0.15) is 0 Å². The number of carbonyl (C=O) groups is 1. The molecular weight excluding hydrogens is 323 g/mol. The molecule has 25 heavy (non-hydrogen) atoms. The van der Waals surface area contributed by atoms with E-state index in [4.69, 9.17) is 4.74 Å². The third-order valence-corrected chi connectivity index (χ3v) is 4.15. The molecule has 5 nitrogen and oxygen atoms in total. The third kappa shape index (κ3) is 3.49. The standard InChI is InChI=1S/C19H19FN2O3/c1-11(18(23)12-6-8-13(25-2)9-7-12)21-19(24)17-10-14-15(20)4-3-5-16(14)22-17/h3-11,18,22-23H,1-2H3,(H,21,24). The summed E-state index contributed by atoms with van der Waals surface area (Å²) in [5, 5.41) is 13.5. The van der Waals surface area contributed by atoms with Gasteiger partial charge in [0.15, 0.2) is 0 Å². The summed E-state index contributed by atoms with van der Waals surface area (Å²) in [6, 6.07) is 12.5. The molecule has 0 aliphatic heterocycles. The lowest BCUT2D eigenvalue weighted by molar-refractivity contribution is 0.0848. The molecule has 3 N–H and O–H groups in total. The van der Waals surface area contributed by atoms with Gasteiger partial charge in [-0.05, 0) is 42.8 Å².